The van der Waals surface area contributed by atoms with E-state index in [1.54, 1.807) is 29.8 Å². The van der Waals surface area contributed by atoms with Crippen LogP contribution in [0.5, 0.6) is 0 Å². The normalized spacial score (nSPS) is 11.4. The lowest BCUT2D eigenvalue weighted by Crippen LogP contribution is -2.37. The van der Waals surface area contributed by atoms with Gasteiger partial charge in [-0.05, 0) is 57.8 Å². The molecule has 0 fully saturated rings. The van der Waals surface area contributed by atoms with Crippen molar-refractivity contribution in [1.82, 2.24) is 29.0 Å². The molecule has 0 radical (unpaired) electrons. The van der Waals surface area contributed by atoms with Crippen LogP contribution in [0.3, 0.4) is 0 Å². The molecule has 0 atom stereocenters. The van der Waals surface area contributed by atoms with E-state index in [1.807, 2.05) is 66.5 Å². The molecule has 1 amide bonds. The zero-order valence-electron chi connectivity index (χ0n) is 23.0. The van der Waals surface area contributed by atoms with Gasteiger partial charge in [-0.2, -0.15) is 5.10 Å². The van der Waals surface area contributed by atoms with Gasteiger partial charge in [0.2, 0.25) is 5.91 Å². The summed E-state index contributed by atoms with van der Waals surface area (Å²) < 4.78 is 17.0. The van der Waals surface area contributed by atoms with Gasteiger partial charge in [-0.15, -0.1) is 11.3 Å². The molecular weight excluding hydrogens is 527 g/mol. The van der Waals surface area contributed by atoms with Crippen LogP contribution >= 0.6 is 11.3 Å². The fraction of sp³-hybridized carbons (Fsp3) is 0.267. The number of nitrogens with zero attached hydrogens (tertiary/aromatic N) is 6. The highest BCUT2D eigenvalue weighted by Gasteiger charge is 2.22. The lowest BCUT2D eigenvalue weighted by Gasteiger charge is -2.24. The zero-order valence-corrected chi connectivity index (χ0v) is 23.8. The van der Waals surface area contributed by atoms with E-state index in [-0.39, 0.29) is 23.7 Å². The summed E-state index contributed by atoms with van der Waals surface area (Å²) in [6, 6.07) is 17.8. The molecule has 0 aliphatic heterocycles. The Morgan fingerprint density at radius 3 is 2.52 bits per heavy atom. The van der Waals surface area contributed by atoms with Gasteiger partial charge < -0.3 is 9.80 Å². The van der Waals surface area contributed by atoms with E-state index < -0.39 is 0 Å². The van der Waals surface area contributed by atoms with Crippen LogP contribution in [0.2, 0.25) is 0 Å². The Balaban J connectivity index is 1.49. The molecule has 8 nitrogen and oxygen atoms in total. The first-order valence-corrected chi connectivity index (χ1v) is 13.9. The average molecular weight is 559 g/mol. The molecule has 0 saturated carbocycles. The van der Waals surface area contributed by atoms with E-state index in [0.29, 0.717) is 46.4 Å². The number of fused-ring (bicyclic) bond motifs is 1. The molecular formula is C30H31FN6O2S. The molecule has 0 N–H and O–H groups in total. The number of amides is 1. The Hall–Kier alpha value is -4.15. The van der Waals surface area contributed by atoms with E-state index in [9.17, 15) is 14.0 Å². The van der Waals surface area contributed by atoms with Gasteiger partial charge in [0.15, 0.2) is 4.96 Å². The third kappa shape index (κ3) is 5.73. The summed E-state index contributed by atoms with van der Waals surface area (Å²) in [6.45, 7) is 5.41. The fourth-order valence-corrected chi connectivity index (χ4v) is 5.60. The lowest BCUT2D eigenvalue weighted by molar-refractivity contribution is -0.131. The highest BCUT2D eigenvalue weighted by atomic mass is 32.1. The number of hydrogen-bond acceptors (Lipinski definition) is 6. The highest BCUT2D eigenvalue weighted by Crippen LogP contribution is 2.24. The Bertz CT molecular complexity index is 1720. The minimum absolute atomic E-state index is 0.0642. The number of hydrogen-bond donors (Lipinski definition) is 0. The number of thiazole rings is 1. The third-order valence-electron chi connectivity index (χ3n) is 6.74. The van der Waals surface area contributed by atoms with Crippen LogP contribution in [0.25, 0.3) is 21.9 Å². The van der Waals surface area contributed by atoms with Crippen molar-refractivity contribution in [2.24, 2.45) is 0 Å². The van der Waals surface area contributed by atoms with Gasteiger partial charge in [-0.3, -0.25) is 14.0 Å². The van der Waals surface area contributed by atoms with Crippen molar-refractivity contribution in [1.29, 1.82) is 0 Å². The number of benzene rings is 2. The Morgan fingerprint density at radius 1 is 1.02 bits per heavy atom. The maximum absolute atomic E-state index is 13.9. The van der Waals surface area contributed by atoms with Gasteiger partial charge in [0.1, 0.15) is 11.5 Å². The summed E-state index contributed by atoms with van der Waals surface area (Å²) >= 11 is 1.33. The largest absolute Gasteiger partial charge is 0.337 e. The van der Waals surface area contributed by atoms with Crippen LogP contribution in [0, 0.1) is 19.7 Å². The first kappa shape index (κ1) is 27.4. The van der Waals surface area contributed by atoms with Crippen molar-refractivity contribution in [2.45, 2.75) is 26.8 Å². The number of aryl methyl sites for hydroxylation is 2. The van der Waals surface area contributed by atoms with Crippen molar-refractivity contribution in [3.63, 3.8) is 0 Å². The SMILES string of the molecule is Cc1nc2scc(CC(=O)N(CCN(C)C)Cc3ccccc3)n2c(=O)c1-c1cc(C)n(-c2cccc(F)c2)n1. The first-order chi connectivity index (χ1) is 19.2. The maximum atomic E-state index is 13.9. The van der Waals surface area contributed by atoms with E-state index in [1.165, 1.54) is 27.9 Å². The zero-order chi connectivity index (χ0) is 28.4. The van der Waals surface area contributed by atoms with E-state index in [0.717, 1.165) is 17.8 Å². The molecule has 0 unspecified atom stereocenters. The molecule has 206 valence electrons. The number of likely N-dealkylation sites (N-methyl/N-ethyl adjacent to an activating group) is 1. The molecule has 40 heavy (non-hydrogen) atoms. The molecule has 2 aromatic carbocycles. The van der Waals surface area contributed by atoms with Gasteiger partial charge in [-0.25, -0.2) is 14.1 Å². The van der Waals surface area contributed by atoms with Gasteiger partial charge in [0.25, 0.3) is 5.56 Å². The van der Waals surface area contributed by atoms with Crippen LogP contribution in [-0.2, 0) is 17.8 Å². The summed E-state index contributed by atoms with van der Waals surface area (Å²) in [7, 11) is 3.95. The smallest absolute Gasteiger partial charge is 0.268 e. The molecule has 3 aromatic heterocycles. The van der Waals surface area contributed by atoms with Gasteiger partial charge in [0.05, 0.1) is 23.4 Å². The second-order valence-corrected chi connectivity index (χ2v) is 10.9. The average Bonchev–Trinajstić information content (AvgIpc) is 3.50. The Morgan fingerprint density at radius 2 is 1.80 bits per heavy atom. The quantitative estimate of drug-likeness (QED) is 0.266. The van der Waals surface area contributed by atoms with Crippen molar-refractivity contribution < 1.29 is 9.18 Å². The summed E-state index contributed by atoms with van der Waals surface area (Å²) in [5, 5.41) is 6.46. The van der Waals surface area contributed by atoms with Crippen LogP contribution in [-0.4, -0.2) is 62.1 Å². The molecule has 5 rings (SSSR count). The second-order valence-electron chi connectivity index (χ2n) is 10.1. The number of carbonyl (C=O) groups excluding carboxylic acids is 1. The van der Waals surface area contributed by atoms with E-state index in [2.05, 4.69) is 10.1 Å². The number of carbonyl (C=O) groups is 1. The fourth-order valence-electron chi connectivity index (χ4n) is 4.67. The maximum Gasteiger partial charge on any atom is 0.268 e. The van der Waals surface area contributed by atoms with Crippen LogP contribution < -0.4 is 5.56 Å². The molecule has 10 heteroatoms. The first-order valence-electron chi connectivity index (χ1n) is 13.0. The van der Waals surface area contributed by atoms with Crippen molar-refractivity contribution in [2.75, 3.05) is 27.2 Å². The minimum Gasteiger partial charge on any atom is -0.337 e. The third-order valence-corrected chi connectivity index (χ3v) is 7.61. The van der Waals surface area contributed by atoms with Crippen LogP contribution in [0.4, 0.5) is 4.39 Å². The monoisotopic (exact) mass is 558 g/mol. The van der Waals surface area contributed by atoms with Gasteiger partial charge >= 0.3 is 0 Å². The molecule has 0 bridgehead atoms. The second kappa shape index (κ2) is 11.5. The minimum atomic E-state index is -0.368. The summed E-state index contributed by atoms with van der Waals surface area (Å²) in [5.41, 5.74) is 4.03. The topological polar surface area (TPSA) is 75.7 Å². The number of aromatic nitrogens is 4. The molecule has 3 heterocycles. The molecule has 0 saturated heterocycles. The molecule has 0 aliphatic carbocycles. The summed E-state index contributed by atoms with van der Waals surface area (Å²) in [4.78, 5) is 36.5. The molecule has 0 aliphatic rings. The van der Waals surface area contributed by atoms with Crippen LogP contribution in [0.1, 0.15) is 22.6 Å². The van der Waals surface area contributed by atoms with Crippen molar-refractivity contribution in [3.8, 4) is 16.9 Å². The predicted octanol–water partition coefficient (Wildman–Crippen LogP) is 4.50. The van der Waals surface area contributed by atoms with Crippen molar-refractivity contribution in [3.05, 3.63) is 105 Å². The van der Waals surface area contributed by atoms with Crippen molar-refractivity contribution >= 4 is 22.2 Å². The Labute approximate surface area is 235 Å². The molecule has 0 spiro atoms. The standard InChI is InChI=1S/C30H31FN6O2S/c1-20-15-26(33-37(20)24-12-8-11-23(31)16-24)28-21(2)32-30-36(29(28)39)25(19-40-30)17-27(38)35(14-13-34(3)4)18-22-9-6-5-7-10-22/h5-12,15-16,19H,13-14,17-18H2,1-4H3. The molecule has 5 aromatic rings. The summed E-state index contributed by atoms with van der Waals surface area (Å²) in [5.74, 6) is -0.432. The van der Waals surface area contributed by atoms with Gasteiger partial charge in [-0.1, -0.05) is 36.4 Å². The number of rotatable bonds is 9. The Kier molecular flexibility index (Phi) is 7.90. The van der Waals surface area contributed by atoms with Gasteiger partial charge in [0, 0.05) is 36.4 Å². The predicted molar refractivity (Wildman–Crippen MR) is 155 cm³/mol. The lowest BCUT2D eigenvalue weighted by atomic mass is 10.1. The van der Waals surface area contributed by atoms with E-state index >= 15 is 0 Å². The number of halogens is 1. The van der Waals surface area contributed by atoms with E-state index in [4.69, 9.17) is 0 Å². The highest BCUT2D eigenvalue weighted by molar-refractivity contribution is 7.15. The van der Waals surface area contributed by atoms with Crippen LogP contribution in [0.15, 0.2) is 70.8 Å². The summed E-state index contributed by atoms with van der Waals surface area (Å²) in [6.07, 6.45) is 0.0705.